The summed E-state index contributed by atoms with van der Waals surface area (Å²) in [5.74, 6) is 0.742. The average molecular weight is 261 g/mol. The van der Waals surface area contributed by atoms with Crippen LogP contribution in [0, 0.1) is 5.92 Å². The summed E-state index contributed by atoms with van der Waals surface area (Å²) in [4.78, 5) is 2.56. The van der Waals surface area contributed by atoms with Crippen molar-refractivity contribution in [1.82, 2.24) is 4.90 Å². The number of hydrogen-bond acceptors (Lipinski definition) is 2. The van der Waals surface area contributed by atoms with Crippen LogP contribution in [-0.4, -0.2) is 30.2 Å². The molecule has 0 amide bonds. The van der Waals surface area contributed by atoms with Crippen molar-refractivity contribution >= 4 is 0 Å². The molecule has 1 aliphatic rings. The normalized spacial score (nSPS) is 18.7. The molecular formula is C17H27NO. The van der Waals surface area contributed by atoms with Crippen molar-refractivity contribution < 1.29 is 4.74 Å². The minimum atomic E-state index is 0.00116. The van der Waals surface area contributed by atoms with Crippen molar-refractivity contribution in [3.63, 3.8) is 0 Å². The highest BCUT2D eigenvalue weighted by atomic mass is 16.5. The molecule has 0 aromatic heterocycles. The highest BCUT2D eigenvalue weighted by molar-refractivity contribution is 5.14. The number of benzene rings is 1. The van der Waals surface area contributed by atoms with Gasteiger partial charge in [0.1, 0.15) is 0 Å². The van der Waals surface area contributed by atoms with E-state index < -0.39 is 0 Å². The van der Waals surface area contributed by atoms with E-state index >= 15 is 0 Å². The maximum atomic E-state index is 5.90. The first-order valence-electron chi connectivity index (χ1n) is 7.43. The third-order valence-electron chi connectivity index (χ3n) is 3.71. The third kappa shape index (κ3) is 5.33. The van der Waals surface area contributed by atoms with Crippen molar-refractivity contribution in [2.45, 2.75) is 45.8 Å². The predicted octanol–water partition coefficient (Wildman–Crippen LogP) is 3.71. The van der Waals surface area contributed by atoms with Gasteiger partial charge in [0.15, 0.2) is 0 Å². The van der Waals surface area contributed by atoms with Crippen molar-refractivity contribution in [3.05, 3.63) is 35.9 Å². The molecule has 1 aromatic carbocycles. The van der Waals surface area contributed by atoms with E-state index in [4.69, 9.17) is 4.74 Å². The average Bonchev–Trinajstić information content (AvgIpc) is 2.38. The molecule has 19 heavy (non-hydrogen) atoms. The van der Waals surface area contributed by atoms with E-state index in [9.17, 15) is 0 Å². The molecule has 0 bridgehead atoms. The molecule has 2 rings (SSSR count). The van der Waals surface area contributed by atoms with E-state index in [1.807, 2.05) is 0 Å². The molecule has 1 heterocycles. The van der Waals surface area contributed by atoms with Crippen LogP contribution in [0.3, 0.4) is 0 Å². The summed E-state index contributed by atoms with van der Waals surface area (Å²) in [6, 6.07) is 10.8. The first kappa shape index (κ1) is 14.5. The molecule has 1 aliphatic heterocycles. The zero-order valence-corrected chi connectivity index (χ0v) is 12.6. The van der Waals surface area contributed by atoms with Crippen molar-refractivity contribution in [2.75, 3.05) is 19.7 Å². The molecule has 1 aromatic rings. The summed E-state index contributed by atoms with van der Waals surface area (Å²) >= 11 is 0. The van der Waals surface area contributed by atoms with Gasteiger partial charge < -0.3 is 4.74 Å². The quantitative estimate of drug-likeness (QED) is 0.819. The van der Waals surface area contributed by atoms with E-state index in [1.54, 1.807) is 0 Å². The molecule has 0 atom stereocenters. The molecule has 1 fully saturated rings. The van der Waals surface area contributed by atoms with Gasteiger partial charge in [0.25, 0.3) is 0 Å². The van der Waals surface area contributed by atoms with Crippen LogP contribution in [0.5, 0.6) is 0 Å². The molecule has 0 unspecified atom stereocenters. The molecular weight excluding hydrogens is 234 g/mol. The number of rotatable bonds is 4. The second kappa shape index (κ2) is 6.53. The van der Waals surface area contributed by atoms with Gasteiger partial charge in [0.2, 0.25) is 0 Å². The molecule has 0 spiro atoms. The van der Waals surface area contributed by atoms with E-state index in [2.05, 4.69) is 56.0 Å². The Morgan fingerprint density at radius 2 is 1.74 bits per heavy atom. The van der Waals surface area contributed by atoms with Crippen LogP contribution in [0.25, 0.3) is 0 Å². The second-order valence-corrected chi connectivity index (χ2v) is 6.63. The monoisotopic (exact) mass is 261 g/mol. The van der Waals surface area contributed by atoms with Gasteiger partial charge in [0, 0.05) is 6.54 Å². The molecule has 1 saturated heterocycles. The van der Waals surface area contributed by atoms with E-state index in [-0.39, 0.29) is 5.60 Å². The molecule has 0 saturated carbocycles. The van der Waals surface area contributed by atoms with Crippen LogP contribution in [-0.2, 0) is 11.3 Å². The van der Waals surface area contributed by atoms with Gasteiger partial charge >= 0.3 is 0 Å². The summed E-state index contributed by atoms with van der Waals surface area (Å²) < 4.78 is 5.90. The van der Waals surface area contributed by atoms with Crippen LogP contribution in [0.4, 0.5) is 0 Å². The lowest BCUT2D eigenvalue weighted by Gasteiger charge is -2.33. The Kier molecular flexibility index (Phi) is 5.00. The smallest absolute Gasteiger partial charge is 0.0598 e. The highest BCUT2D eigenvalue weighted by Crippen LogP contribution is 2.21. The fraction of sp³-hybridized carbons (Fsp3) is 0.647. The Morgan fingerprint density at radius 3 is 2.32 bits per heavy atom. The molecule has 2 nitrogen and oxygen atoms in total. The van der Waals surface area contributed by atoms with Crippen LogP contribution in [0.15, 0.2) is 30.3 Å². The summed E-state index contributed by atoms with van der Waals surface area (Å²) in [5.41, 5.74) is 1.42. The van der Waals surface area contributed by atoms with Gasteiger partial charge in [-0.2, -0.15) is 0 Å². The summed E-state index contributed by atoms with van der Waals surface area (Å²) in [7, 11) is 0. The lowest BCUT2D eigenvalue weighted by molar-refractivity contribution is -0.0328. The van der Waals surface area contributed by atoms with Crippen molar-refractivity contribution in [2.24, 2.45) is 5.92 Å². The Hall–Kier alpha value is -0.860. The zero-order chi connectivity index (χ0) is 13.7. The maximum absolute atomic E-state index is 5.90. The Balaban J connectivity index is 1.71. The van der Waals surface area contributed by atoms with Gasteiger partial charge in [-0.3, -0.25) is 4.90 Å². The Morgan fingerprint density at radius 1 is 1.11 bits per heavy atom. The van der Waals surface area contributed by atoms with E-state index in [0.717, 1.165) is 19.1 Å². The SMILES string of the molecule is CC(C)(C)OCC1CCN(Cc2ccccc2)CC1. The van der Waals surface area contributed by atoms with Crippen LogP contribution in [0.2, 0.25) is 0 Å². The van der Waals surface area contributed by atoms with Gasteiger partial charge in [0.05, 0.1) is 12.2 Å². The first-order valence-corrected chi connectivity index (χ1v) is 7.43. The van der Waals surface area contributed by atoms with Crippen LogP contribution in [0.1, 0.15) is 39.2 Å². The van der Waals surface area contributed by atoms with Gasteiger partial charge in [-0.1, -0.05) is 30.3 Å². The first-order chi connectivity index (χ1) is 9.03. The zero-order valence-electron chi connectivity index (χ0n) is 12.6. The molecule has 106 valence electrons. The van der Waals surface area contributed by atoms with Crippen LogP contribution >= 0.6 is 0 Å². The van der Waals surface area contributed by atoms with Crippen LogP contribution < -0.4 is 0 Å². The number of likely N-dealkylation sites (tertiary alicyclic amines) is 1. The standard InChI is InChI=1S/C17H27NO/c1-17(2,3)19-14-16-9-11-18(12-10-16)13-15-7-5-4-6-8-15/h4-8,16H,9-14H2,1-3H3. The summed E-state index contributed by atoms with van der Waals surface area (Å²) in [5, 5.41) is 0. The number of ether oxygens (including phenoxy) is 1. The van der Waals surface area contributed by atoms with Gasteiger partial charge in [-0.15, -0.1) is 0 Å². The number of hydrogen-bond donors (Lipinski definition) is 0. The van der Waals surface area contributed by atoms with Crippen molar-refractivity contribution in [3.8, 4) is 0 Å². The van der Waals surface area contributed by atoms with Gasteiger partial charge in [-0.05, 0) is 58.2 Å². The summed E-state index contributed by atoms with van der Waals surface area (Å²) in [6.07, 6.45) is 2.53. The Labute approximate surface area is 117 Å². The third-order valence-corrected chi connectivity index (χ3v) is 3.71. The Bertz CT molecular complexity index is 361. The maximum Gasteiger partial charge on any atom is 0.0598 e. The lowest BCUT2D eigenvalue weighted by atomic mass is 9.97. The fourth-order valence-electron chi connectivity index (χ4n) is 2.52. The second-order valence-electron chi connectivity index (χ2n) is 6.63. The minimum Gasteiger partial charge on any atom is -0.376 e. The van der Waals surface area contributed by atoms with E-state index in [0.29, 0.717) is 0 Å². The molecule has 0 N–H and O–H groups in total. The largest absolute Gasteiger partial charge is 0.376 e. The van der Waals surface area contributed by atoms with E-state index in [1.165, 1.54) is 31.5 Å². The topological polar surface area (TPSA) is 12.5 Å². The number of nitrogens with zero attached hydrogens (tertiary/aromatic N) is 1. The van der Waals surface area contributed by atoms with Crippen molar-refractivity contribution in [1.29, 1.82) is 0 Å². The van der Waals surface area contributed by atoms with Gasteiger partial charge in [-0.25, -0.2) is 0 Å². The highest BCUT2D eigenvalue weighted by Gasteiger charge is 2.21. The predicted molar refractivity (Wildman–Crippen MR) is 80.1 cm³/mol. The molecule has 2 heteroatoms. The minimum absolute atomic E-state index is 0.00116. The number of piperidine rings is 1. The summed E-state index contributed by atoms with van der Waals surface area (Å²) in [6.45, 7) is 10.8. The molecule has 0 aliphatic carbocycles. The lowest BCUT2D eigenvalue weighted by Crippen LogP contribution is -2.35. The molecule has 0 radical (unpaired) electrons. The fourth-order valence-corrected chi connectivity index (χ4v) is 2.52.